The molecule has 1 aromatic heterocycles. The van der Waals surface area contributed by atoms with Crippen LogP contribution >= 0.6 is 27.3 Å². The first kappa shape index (κ1) is 13.5. The molecule has 0 saturated heterocycles. The molecule has 1 aromatic carbocycles. The fourth-order valence-electron chi connectivity index (χ4n) is 1.86. The Hall–Kier alpha value is -0.910. The number of benzene rings is 1. The minimum Gasteiger partial charge on any atom is -0.399 e. The Kier molecular flexibility index (Phi) is 4.37. The zero-order chi connectivity index (χ0) is 13.1. The molecule has 2 N–H and O–H groups in total. The number of aryl methyl sites for hydroxylation is 1. The summed E-state index contributed by atoms with van der Waals surface area (Å²) in [4.78, 5) is 7.85. The lowest BCUT2D eigenvalue weighted by atomic mass is 10.2. The number of nitrogen functional groups attached to an aromatic ring is 1. The van der Waals surface area contributed by atoms with Crippen LogP contribution in [0.3, 0.4) is 0 Å². The number of hydrogen-bond acceptors (Lipinski definition) is 4. The van der Waals surface area contributed by atoms with Crippen molar-refractivity contribution in [3.05, 3.63) is 44.3 Å². The number of aromatic nitrogens is 1. The second-order valence-corrected chi connectivity index (χ2v) is 6.28. The maximum Gasteiger partial charge on any atom is 0.0798 e. The smallest absolute Gasteiger partial charge is 0.0798 e. The van der Waals surface area contributed by atoms with Crippen molar-refractivity contribution in [1.82, 2.24) is 9.88 Å². The third kappa shape index (κ3) is 3.54. The first-order chi connectivity index (χ1) is 8.54. The maximum absolute atomic E-state index is 5.84. The van der Waals surface area contributed by atoms with Gasteiger partial charge in [0.1, 0.15) is 0 Å². The van der Waals surface area contributed by atoms with Crippen molar-refractivity contribution in [2.75, 3.05) is 12.8 Å². The van der Waals surface area contributed by atoms with Crippen LogP contribution in [0.4, 0.5) is 5.69 Å². The van der Waals surface area contributed by atoms with Gasteiger partial charge < -0.3 is 5.73 Å². The molecule has 5 heteroatoms. The molecule has 0 atom stereocenters. The van der Waals surface area contributed by atoms with Gasteiger partial charge in [-0.15, -0.1) is 11.3 Å². The Labute approximate surface area is 120 Å². The topological polar surface area (TPSA) is 42.2 Å². The van der Waals surface area contributed by atoms with Crippen LogP contribution < -0.4 is 5.73 Å². The number of anilines is 1. The van der Waals surface area contributed by atoms with E-state index in [0.29, 0.717) is 0 Å². The van der Waals surface area contributed by atoms with Gasteiger partial charge in [0.25, 0.3) is 0 Å². The van der Waals surface area contributed by atoms with Crippen molar-refractivity contribution in [2.45, 2.75) is 20.0 Å². The number of nitrogens with zero attached hydrogens (tertiary/aromatic N) is 2. The third-order valence-corrected chi connectivity index (χ3v) is 4.07. The van der Waals surface area contributed by atoms with E-state index in [9.17, 15) is 0 Å². The summed E-state index contributed by atoms with van der Waals surface area (Å²) in [5.41, 5.74) is 10.9. The molecular formula is C13H16BrN3S. The van der Waals surface area contributed by atoms with Crippen LogP contribution in [-0.2, 0) is 13.1 Å². The van der Waals surface area contributed by atoms with Gasteiger partial charge in [-0.05, 0) is 37.7 Å². The maximum atomic E-state index is 5.84. The third-order valence-electron chi connectivity index (χ3n) is 2.69. The van der Waals surface area contributed by atoms with Gasteiger partial charge in [0.05, 0.1) is 11.2 Å². The van der Waals surface area contributed by atoms with Gasteiger partial charge >= 0.3 is 0 Å². The fourth-order valence-corrected chi connectivity index (χ4v) is 3.27. The second kappa shape index (κ2) is 5.82. The molecule has 96 valence electrons. The molecule has 0 radical (unpaired) electrons. The minimum absolute atomic E-state index is 0.793. The molecule has 0 aliphatic rings. The van der Waals surface area contributed by atoms with Crippen LogP contribution in [0.1, 0.15) is 16.1 Å². The molecule has 0 aliphatic heterocycles. The Bertz CT molecular complexity index is 519. The Morgan fingerprint density at radius 1 is 1.33 bits per heavy atom. The molecule has 18 heavy (non-hydrogen) atoms. The quantitative estimate of drug-likeness (QED) is 0.876. The average Bonchev–Trinajstić information content (AvgIpc) is 2.62. The van der Waals surface area contributed by atoms with Crippen LogP contribution in [0.5, 0.6) is 0 Å². The van der Waals surface area contributed by atoms with E-state index in [1.165, 1.54) is 10.4 Å². The highest BCUT2D eigenvalue weighted by atomic mass is 79.9. The molecule has 0 saturated carbocycles. The first-order valence-electron chi connectivity index (χ1n) is 5.67. The zero-order valence-electron chi connectivity index (χ0n) is 10.5. The molecule has 2 rings (SSSR count). The lowest BCUT2D eigenvalue weighted by molar-refractivity contribution is 0.321. The van der Waals surface area contributed by atoms with Crippen molar-refractivity contribution in [3.8, 4) is 0 Å². The molecule has 0 aliphatic carbocycles. The summed E-state index contributed by atoms with van der Waals surface area (Å²) in [5, 5.41) is 0. The average molecular weight is 326 g/mol. The number of thiazole rings is 1. The van der Waals surface area contributed by atoms with Gasteiger partial charge in [0, 0.05) is 28.1 Å². The standard InChI is InChI=1S/C13H16BrN3S/c1-9-13(18-8-16-9)7-17(2)6-10-3-11(14)5-12(15)4-10/h3-5,8H,6-7,15H2,1-2H3. The van der Waals surface area contributed by atoms with Crippen molar-refractivity contribution in [3.63, 3.8) is 0 Å². The van der Waals surface area contributed by atoms with Crippen LogP contribution in [0.25, 0.3) is 0 Å². The SMILES string of the molecule is Cc1ncsc1CN(C)Cc1cc(N)cc(Br)c1. The summed E-state index contributed by atoms with van der Waals surface area (Å²) < 4.78 is 1.03. The highest BCUT2D eigenvalue weighted by Gasteiger charge is 2.07. The van der Waals surface area contributed by atoms with Gasteiger partial charge in [-0.3, -0.25) is 4.90 Å². The molecule has 0 unspecified atom stereocenters. The highest BCUT2D eigenvalue weighted by molar-refractivity contribution is 9.10. The monoisotopic (exact) mass is 325 g/mol. The van der Waals surface area contributed by atoms with Gasteiger partial charge in [0.15, 0.2) is 0 Å². The molecule has 1 heterocycles. The molecule has 0 bridgehead atoms. The van der Waals surface area contributed by atoms with Crippen LogP contribution in [0.2, 0.25) is 0 Å². The molecule has 0 fully saturated rings. The van der Waals surface area contributed by atoms with E-state index in [0.717, 1.165) is 28.9 Å². The van der Waals surface area contributed by atoms with E-state index < -0.39 is 0 Å². The lowest BCUT2D eigenvalue weighted by Crippen LogP contribution is -2.17. The van der Waals surface area contributed by atoms with E-state index in [-0.39, 0.29) is 0 Å². The van der Waals surface area contributed by atoms with Crippen molar-refractivity contribution >= 4 is 33.0 Å². The molecule has 0 spiro atoms. The largest absolute Gasteiger partial charge is 0.399 e. The van der Waals surface area contributed by atoms with E-state index in [2.05, 4.69) is 45.9 Å². The Balaban J connectivity index is 2.03. The fraction of sp³-hybridized carbons (Fsp3) is 0.308. The molecule has 0 amide bonds. The Morgan fingerprint density at radius 2 is 2.11 bits per heavy atom. The van der Waals surface area contributed by atoms with Gasteiger partial charge in [-0.25, -0.2) is 4.98 Å². The normalized spacial score (nSPS) is 11.1. The van der Waals surface area contributed by atoms with Gasteiger partial charge in [0.2, 0.25) is 0 Å². The van der Waals surface area contributed by atoms with Crippen molar-refractivity contribution < 1.29 is 0 Å². The number of hydrogen-bond donors (Lipinski definition) is 1. The minimum atomic E-state index is 0.793. The number of halogens is 1. The van der Waals surface area contributed by atoms with Crippen LogP contribution in [0.15, 0.2) is 28.2 Å². The lowest BCUT2D eigenvalue weighted by Gasteiger charge is -2.16. The van der Waals surface area contributed by atoms with E-state index in [4.69, 9.17) is 5.73 Å². The number of nitrogens with two attached hydrogens (primary N) is 1. The van der Waals surface area contributed by atoms with Gasteiger partial charge in [-0.1, -0.05) is 15.9 Å². The van der Waals surface area contributed by atoms with E-state index >= 15 is 0 Å². The van der Waals surface area contributed by atoms with Crippen LogP contribution in [0, 0.1) is 6.92 Å². The first-order valence-corrected chi connectivity index (χ1v) is 7.34. The predicted octanol–water partition coefficient (Wildman–Crippen LogP) is 3.43. The summed E-state index contributed by atoms with van der Waals surface area (Å²) >= 11 is 5.18. The summed E-state index contributed by atoms with van der Waals surface area (Å²) in [7, 11) is 2.11. The molecule has 3 nitrogen and oxygen atoms in total. The zero-order valence-corrected chi connectivity index (χ0v) is 12.9. The molecule has 2 aromatic rings. The highest BCUT2D eigenvalue weighted by Crippen LogP contribution is 2.20. The van der Waals surface area contributed by atoms with E-state index in [1.54, 1.807) is 11.3 Å². The van der Waals surface area contributed by atoms with Crippen molar-refractivity contribution in [2.24, 2.45) is 0 Å². The molecular weight excluding hydrogens is 310 g/mol. The van der Waals surface area contributed by atoms with E-state index in [1.807, 2.05) is 17.6 Å². The summed E-state index contributed by atoms with van der Waals surface area (Å²) in [6.45, 7) is 3.85. The summed E-state index contributed by atoms with van der Waals surface area (Å²) in [5.74, 6) is 0. The Morgan fingerprint density at radius 3 is 2.72 bits per heavy atom. The predicted molar refractivity (Wildman–Crippen MR) is 80.6 cm³/mol. The van der Waals surface area contributed by atoms with Gasteiger partial charge in [-0.2, -0.15) is 0 Å². The summed E-state index contributed by atoms with van der Waals surface area (Å²) in [6.07, 6.45) is 0. The summed E-state index contributed by atoms with van der Waals surface area (Å²) in [6, 6.07) is 6.03. The van der Waals surface area contributed by atoms with Crippen molar-refractivity contribution in [1.29, 1.82) is 0 Å². The van der Waals surface area contributed by atoms with Crippen LogP contribution in [-0.4, -0.2) is 16.9 Å². The number of rotatable bonds is 4. The second-order valence-electron chi connectivity index (χ2n) is 4.43.